The second-order valence-electron chi connectivity index (χ2n) is 5.99. The van der Waals surface area contributed by atoms with Crippen molar-refractivity contribution in [3.63, 3.8) is 0 Å². The highest BCUT2D eigenvalue weighted by Gasteiger charge is 2.56. The molecule has 0 radical (unpaired) electrons. The van der Waals surface area contributed by atoms with Gasteiger partial charge < -0.3 is 4.74 Å². The highest BCUT2D eigenvalue weighted by atomic mass is 79.9. The van der Waals surface area contributed by atoms with E-state index in [9.17, 15) is 22.4 Å². The van der Waals surface area contributed by atoms with E-state index in [0.717, 1.165) is 32.0 Å². The lowest BCUT2D eigenvalue weighted by Gasteiger charge is -2.26. The Bertz CT molecular complexity index is 952. The molecule has 0 N–H and O–H groups in total. The molecule has 1 atom stereocenters. The quantitative estimate of drug-likeness (QED) is 0.295. The van der Waals surface area contributed by atoms with Gasteiger partial charge in [0.2, 0.25) is 11.4 Å². The lowest BCUT2D eigenvalue weighted by Crippen LogP contribution is -2.46. The van der Waals surface area contributed by atoms with Crippen molar-refractivity contribution in [2.45, 2.75) is 30.1 Å². The zero-order chi connectivity index (χ0) is 21.8. The molecule has 0 aliphatic rings. The van der Waals surface area contributed by atoms with Crippen LogP contribution >= 0.6 is 27.7 Å². The molecule has 0 spiro atoms. The van der Waals surface area contributed by atoms with Crippen molar-refractivity contribution in [1.29, 1.82) is 0 Å². The lowest BCUT2D eigenvalue weighted by atomic mass is 10.0. The maximum absolute atomic E-state index is 14.3. The van der Waals surface area contributed by atoms with Crippen LogP contribution in [0.5, 0.6) is 5.75 Å². The van der Waals surface area contributed by atoms with E-state index in [-0.39, 0.29) is 5.82 Å². The highest BCUT2D eigenvalue weighted by Crippen LogP contribution is 2.37. The third-order valence-corrected chi connectivity index (χ3v) is 5.25. The number of aromatic nitrogens is 3. The van der Waals surface area contributed by atoms with Crippen LogP contribution in [0.3, 0.4) is 0 Å². The van der Waals surface area contributed by atoms with E-state index in [2.05, 4.69) is 32.5 Å². The van der Waals surface area contributed by atoms with Gasteiger partial charge in [0.25, 0.3) is 5.56 Å². The summed E-state index contributed by atoms with van der Waals surface area (Å²) in [5.74, 6) is 0.465. The van der Waals surface area contributed by atoms with Crippen LogP contribution in [0.1, 0.15) is 13.3 Å². The Labute approximate surface area is 177 Å². The number of alkyl halides is 4. The van der Waals surface area contributed by atoms with E-state index in [4.69, 9.17) is 4.74 Å². The van der Waals surface area contributed by atoms with Crippen LogP contribution in [0.4, 0.5) is 17.6 Å². The normalized spacial score (nSPS) is 13.8. The van der Waals surface area contributed by atoms with E-state index in [1.54, 1.807) is 6.20 Å². The topological polar surface area (TPSA) is 57.0 Å². The number of nitrogens with zero attached hydrogens (tertiary/aromatic N) is 3. The molecule has 2 heterocycles. The second kappa shape index (κ2) is 9.29. The van der Waals surface area contributed by atoms with Crippen molar-refractivity contribution in [3.8, 4) is 17.3 Å². The minimum absolute atomic E-state index is 0.208. The van der Waals surface area contributed by atoms with Crippen LogP contribution in [0.25, 0.3) is 11.5 Å². The van der Waals surface area contributed by atoms with Gasteiger partial charge >= 0.3 is 6.18 Å². The van der Waals surface area contributed by atoms with Crippen molar-refractivity contribution < 1.29 is 22.3 Å². The maximum atomic E-state index is 14.3. The summed E-state index contributed by atoms with van der Waals surface area (Å²) in [6, 6.07) is 1.82. The van der Waals surface area contributed by atoms with Crippen LogP contribution in [0.15, 0.2) is 45.3 Å². The van der Waals surface area contributed by atoms with Gasteiger partial charge in [0.1, 0.15) is 12.3 Å². The Kier molecular flexibility index (Phi) is 7.50. The molecule has 0 aliphatic heterocycles. The molecule has 2 aromatic heterocycles. The maximum Gasteiger partial charge on any atom is 0.426 e. The predicted octanol–water partition coefficient (Wildman–Crippen LogP) is 4.94. The van der Waals surface area contributed by atoms with E-state index in [1.807, 2.05) is 13.0 Å². The Balaban J connectivity index is 2.38. The van der Waals surface area contributed by atoms with Gasteiger partial charge in [0.05, 0.1) is 6.20 Å². The zero-order valence-corrected chi connectivity index (χ0v) is 18.0. The minimum atomic E-state index is -5.17. The summed E-state index contributed by atoms with van der Waals surface area (Å²) < 4.78 is 60.0. The van der Waals surface area contributed by atoms with Crippen molar-refractivity contribution in [2.24, 2.45) is 7.05 Å². The van der Waals surface area contributed by atoms with Gasteiger partial charge in [-0.05, 0) is 27.7 Å². The fourth-order valence-electron chi connectivity index (χ4n) is 2.37. The fraction of sp³-hybridized carbons (Fsp3) is 0.389. The summed E-state index contributed by atoms with van der Waals surface area (Å²) in [5.41, 5.74) is -3.97. The Morgan fingerprint density at radius 3 is 2.59 bits per heavy atom. The van der Waals surface area contributed by atoms with Crippen LogP contribution in [0.2, 0.25) is 0 Å². The molecule has 0 amide bonds. The molecule has 0 aromatic carbocycles. The summed E-state index contributed by atoms with van der Waals surface area (Å²) in [6.07, 6.45) is -2.84. The molecular formula is C18H18BrF4N3O2S. The molecule has 11 heteroatoms. The largest absolute Gasteiger partial charge is 0.483 e. The third-order valence-electron chi connectivity index (χ3n) is 3.90. The number of allylic oxidation sites excluding steroid dienone is 1. The first-order valence-corrected chi connectivity index (χ1v) is 10.2. The lowest BCUT2D eigenvalue weighted by molar-refractivity contribution is -0.237. The first kappa shape index (κ1) is 23.4. The summed E-state index contributed by atoms with van der Waals surface area (Å²) in [6.45, 7) is 3.70. The number of hydrogen-bond donors (Lipinski definition) is 0. The predicted molar refractivity (Wildman–Crippen MR) is 107 cm³/mol. The molecule has 2 aromatic rings. The molecule has 0 aliphatic carbocycles. The first-order chi connectivity index (χ1) is 13.5. The monoisotopic (exact) mass is 495 g/mol. The van der Waals surface area contributed by atoms with Gasteiger partial charge in [-0.3, -0.25) is 14.3 Å². The molecule has 0 saturated carbocycles. The van der Waals surface area contributed by atoms with Crippen LogP contribution in [-0.4, -0.2) is 38.7 Å². The van der Waals surface area contributed by atoms with E-state index < -0.39 is 36.2 Å². The van der Waals surface area contributed by atoms with E-state index in [1.165, 1.54) is 18.8 Å². The fourth-order valence-corrected chi connectivity index (χ4v) is 3.66. The molecule has 29 heavy (non-hydrogen) atoms. The van der Waals surface area contributed by atoms with Gasteiger partial charge in [0.15, 0.2) is 5.82 Å². The first-order valence-electron chi connectivity index (χ1n) is 8.38. The number of halogens is 5. The van der Waals surface area contributed by atoms with E-state index in [0.29, 0.717) is 5.69 Å². The van der Waals surface area contributed by atoms with Crippen molar-refractivity contribution in [1.82, 2.24) is 14.5 Å². The number of ether oxygens (including phenoxy) is 1. The standard InChI is InChI=1S/C18H18BrF4N3O2S/c1-4-6-17(20,18(21,22)23)10-28-12-9-25-15(26(3)16(12)27)14-13(29-5-2)7-11(19)8-24-14/h4,7-9H,1,5-6,10H2,2-3H3. The molecule has 0 fully saturated rings. The van der Waals surface area contributed by atoms with Crippen LogP contribution in [0, 0.1) is 0 Å². The second-order valence-corrected chi connectivity index (χ2v) is 8.21. The third kappa shape index (κ3) is 5.19. The summed E-state index contributed by atoms with van der Waals surface area (Å²) in [4.78, 5) is 21.7. The molecule has 0 bridgehead atoms. The van der Waals surface area contributed by atoms with Crippen LogP contribution < -0.4 is 10.3 Å². The Morgan fingerprint density at radius 2 is 2.00 bits per heavy atom. The average Bonchev–Trinajstić information content (AvgIpc) is 2.63. The molecule has 5 nitrogen and oxygen atoms in total. The van der Waals surface area contributed by atoms with Gasteiger partial charge in [-0.15, -0.1) is 18.3 Å². The van der Waals surface area contributed by atoms with Crippen molar-refractivity contribution >= 4 is 27.7 Å². The zero-order valence-electron chi connectivity index (χ0n) is 15.6. The number of pyridine rings is 1. The summed E-state index contributed by atoms with van der Waals surface area (Å²) in [7, 11) is 1.39. The highest BCUT2D eigenvalue weighted by molar-refractivity contribution is 9.10. The summed E-state index contributed by atoms with van der Waals surface area (Å²) in [5, 5.41) is 0. The number of hydrogen-bond acceptors (Lipinski definition) is 5. The van der Waals surface area contributed by atoms with E-state index >= 15 is 0 Å². The molecule has 2 rings (SSSR count). The molecule has 1 unspecified atom stereocenters. The molecule has 158 valence electrons. The van der Waals surface area contributed by atoms with Crippen molar-refractivity contribution in [2.75, 3.05) is 12.4 Å². The van der Waals surface area contributed by atoms with Gasteiger partial charge in [-0.2, -0.15) is 13.2 Å². The Hall–Kier alpha value is -1.88. The average molecular weight is 496 g/mol. The molecular weight excluding hydrogens is 478 g/mol. The number of thioether (sulfide) groups is 1. The SMILES string of the molecule is C=CCC(F)(COc1cnc(-c2ncc(Br)cc2SCC)n(C)c1=O)C(F)(F)F. The number of rotatable bonds is 8. The van der Waals surface area contributed by atoms with Gasteiger partial charge in [-0.25, -0.2) is 9.37 Å². The smallest absolute Gasteiger partial charge is 0.426 e. The van der Waals surface area contributed by atoms with Crippen molar-refractivity contribution in [3.05, 3.63) is 45.9 Å². The Morgan fingerprint density at radius 1 is 1.31 bits per heavy atom. The van der Waals surface area contributed by atoms with Gasteiger partial charge in [-0.1, -0.05) is 13.0 Å². The summed E-state index contributed by atoms with van der Waals surface area (Å²) >= 11 is 4.82. The van der Waals surface area contributed by atoms with Gasteiger partial charge in [0, 0.05) is 29.0 Å². The van der Waals surface area contributed by atoms with Crippen LogP contribution in [-0.2, 0) is 7.05 Å². The molecule has 0 saturated heterocycles. The minimum Gasteiger partial charge on any atom is -0.483 e.